The molecule has 0 aliphatic heterocycles. The van der Waals surface area contributed by atoms with Crippen LogP contribution in [0.3, 0.4) is 0 Å². The van der Waals surface area contributed by atoms with E-state index in [1.165, 1.54) is 349 Å². The van der Waals surface area contributed by atoms with Gasteiger partial charge in [0.15, 0.2) is 0 Å². The Labute approximate surface area is 585 Å². The molecule has 0 saturated carbocycles. The zero-order valence-electron chi connectivity index (χ0n) is 60.3. The van der Waals surface area contributed by atoms with Gasteiger partial charge in [0, 0.05) is 5.41 Å². The number of unbranched alkanes of at least 4 members (excludes halogenated alkanes) is 36. The molecule has 3 heteroatoms. The molecule has 8 aromatic rings. The molecule has 0 unspecified atom stereocenters. The van der Waals surface area contributed by atoms with E-state index in [4.69, 9.17) is 7.96 Å². The zero-order chi connectivity index (χ0) is 65.6. The van der Waals surface area contributed by atoms with Crippen LogP contribution in [0.25, 0.3) is 77.8 Å². The van der Waals surface area contributed by atoms with Crippen molar-refractivity contribution in [1.82, 2.24) is 7.96 Å². The molecule has 2 nitrogen and oxygen atoms in total. The van der Waals surface area contributed by atoms with Gasteiger partial charge in [-0.3, -0.25) is 0 Å². The Kier molecular flexibility index (Phi) is 30.0. The van der Waals surface area contributed by atoms with Crippen molar-refractivity contribution in [2.75, 3.05) is 0 Å². The third-order valence-electron chi connectivity index (χ3n) is 22.8. The summed E-state index contributed by atoms with van der Waals surface area (Å²) in [5.41, 5.74) is 24.8. The quantitative estimate of drug-likeness (QED) is 0.0281. The molecule has 0 fully saturated rings. The molecule has 0 saturated heterocycles. The SMILES string of the molecule is CCCCCCCCCCCCC1(CCCCCCCCCCCC)c2cc(-c3ccccc3)ccc2-c2ccc(-c3ccc4c(c3)C(CCCCCCCCCCCC)(CCCCCCCCCCCC)c3cc(-c5ccc(-c6ccccc6)c6n[se]nc56)ccc3-4)cc21. The molecular weight excluding hydrogens is 1210 g/mol. The molecule has 0 amide bonds. The number of benzene rings is 7. The number of hydrogen-bond donors (Lipinski definition) is 0. The van der Waals surface area contributed by atoms with Crippen molar-refractivity contribution < 1.29 is 0 Å². The fraction of sp³-hybridized carbons (Fsp3) is 0.543. The molecule has 508 valence electrons. The van der Waals surface area contributed by atoms with E-state index in [0.29, 0.717) is 0 Å². The molecule has 1 aromatic heterocycles. The Morgan fingerprint density at radius 1 is 0.221 bits per heavy atom. The Bertz CT molecular complexity index is 3450. The molecule has 95 heavy (non-hydrogen) atoms. The van der Waals surface area contributed by atoms with Crippen LogP contribution in [0.4, 0.5) is 0 Å². The van der Waals surface area contributed by atoms with Crippen LogP contribution in [0.1, 0.15) is 332 Å². The molecule has 0 spiro atoms. The van der Waals surface area contributed by atoms with E-state index in [-0.39, 0.29) is 25.8 Å². The monoisotopic (exact) mass is 1340 g/mol. The second-order valence-electron chi connectivity index (χ2n) is 29.8. The van der Waals surface area contributed by atoms with Crippen LogP contribution >= 0.6 is 0 Å². The minimum absolute atomic E-state index is 0.0237. The standard InChI is InChI=1S/C92H124N2Se/c1-5-9-13-17-21-25-29-33-37-47-65-91(66-48-38-34-30-26-22-18-14-10-6-2)85-69-75(73-51-43-41-44-52-73)55-59-81(85)82-60-56-76(70-86(82)91)77-57-61-83-84-62-58-78(80-64-63-79(74-53-45-42-46-54-74)89-90(80)94-95-93-89)72-88(84)92(87(83)71-77,67-49-39-35-31-27-23-19-15-11-7-3)68-50-40-36-32-28-24-20-16-12-8-4/h41-46,51-64,69-72H,5-40,47-50,65-68H2,1-4H3. The molecule has 2 aliphatic carbocycles. The van der Waals surface area contributed by atoms with Gasteiger partial charge < -0.3 is 0 Å². The predicted molar refractivity (Wildman–Crippen MR) is 416 cm³/mol. The van der Waals surface area contributed by atoms with Crippen LogP contribution in [0.15, 0.2) is 146 Å². The summed E-state index contributed by atoms with van der Waals surface area (Å²) in [6.07, 6.45) is 59.4. The smallest absolute Gasteiger partial charge is 0.0289 e. The topological polar surface area (TPSA) is 25.8 Å². The van der Waals surface area contributed by atoms with Crippen LogP contribution in [-0.4, -0.2) is 22.9 Å². The van der Waals surface area contributed by atoms with E-state index < -0.39 is 0 Å². The summed E-state index contributed by atoms with van der Waals surface area (Å²) in [5.74, 6) is 0. The van der Waals surface area contributed by atoms with E-state index in [1.807, 2.05) is 0 Å². The third kappa shape index (κ3) is 19.3. The van der Waals surface area contributed by atoms with Crippen LogP contribution in [0, 0.1) is 0 Å². The first-order chi connectivity index (χ1) is 47.0. The second-order valence-corrected chi connectivity index (χ2v) is 30.9. The van der Waals surface area contributed by atoms with Gasteiger partial charge in [0.2, 0.25) is 0 Å². The molecule has 10 rings (SSSR count). The van der Waals surface area contributed by atoms with Gasteiger partial charge in [0.25, 0.3) is 0 Å². The second kappa shape index (κ2) is 39.3. The van der Waals surface area contributed by atoms with Gasteiger partial charge in [-0.15, -0.1) is 0 Å². The Hall–Kier alpha value is -5.34. The van der Waals surface area contributed by atoms with Gasteiger partial charge in [0.05, 0.1) is 0 Å². The van der Waals surface area contributed by atoms with E-state index >= 15 is 0 Å². The van der Waals surface area contributed by atoms with Crippen molar-refractivity contribution in [3.8, 4) is 66.8 Å². The summed E-state index contributed by atoms with van der Waals surface area (Å²) in [4.78, 5) is 0. The maximum atomic E-state index is 5.23. The summed E-state index contributed by atoms with van der Waals surface area (Å²) >= 11 is -0.148. The van der Waals surface area contributed by atoms with Crippen molar-refractivity contribution in [3.05, 3.63) is 168 Å². The minimum atomic E-state index is -0.148. The number of aromatic nitrogens is 2. The summed E-state index contributed by atoms with van der Waals surface area (Å²) in [5, 5.41) is 0. The van der Waals surface area contributed by atoms with E-state index in [9.17, 15) is 0 Å². The van der Waals surface area contributed by atoms with Crippen molar-refractivity contribution in [2.24, 2.45) is 0 Å². The molecule has 0 radical (unpaired) electrons. The minimum Gasteiger partial charge on any atom is -0.0289 e. The third-order valence-corrected chi connectivity index (χ3v) is 23.9. The van der Waals surface area contributed by atoms with Gasteiger partial charge in [-0.1, -0.05) is 282 Å². The summed E-state index contributed by atoms with van der Waals surface area (Å²) in [7, 11) is 0. The van der Waals surface area contributed by atoms with Crippen LogP contribution < -0.4 is 0 Å². The fourth-order valence-corrected chi connectivity index (χ4v) is 18.5. The molecule has 0 N–H and O–H groups in total. The molecule has 0 bridgehead atoms. The van der Waals surface area contributed by atoms with Gasteiger partial charge >= 0.3 is 250 Å². The van der Waals surface area contributed by atoms with Crippen molar-refractivity contribution >= 4 is 26.0 Å². The average Bonchev–Trinajstić information content (AvgIpc) is 1.44. The normalized spacial score (nSPS) is 13.4. The Morgan fingerprint density at radius 3 is 0.758 bits per heavy atom. The summed E-state index contributed by atoms with van der Waals surface area (Å²) in [6, 6.07) is 57.9. The van der Waals surface area contributed by atoms with Crippen LogP contribution in [-0.2, 0) is 10.8 Å². The first-order valence-electron chi connectivity index (χ1n) is 40.0. The van der Waals surface area contributed by atoms with E-state index in [1.54, 1.807) is 22.3 Å². The van der Waals surface area contributed by atoms with Gasteiger partial charge in [-0.05, 0) is 52.3 Å². The van der Waals surface area contributed by atoms with E-state index in [2.05, 4.69) is 173 Å². The Morgan fingerprint density at radius 2 is 0.453 bits per heavy atom. The first-order valence-corrected chi connectivity index (χ1v) is 41.5. The molecule has 0 atom stereocenters. The summed E-state index contributed by atoms with van der Waals surface area (Å²) in [6.45, 7) is 9.35. The molecular formula is C92H124N2Se. The fourth-order valence-electron chi connectivity index (χ4n) is 17.3. The van der Waals surface area contributed by atoms with Gasteiger partial charge in [0.1, 0.15) is 0 Å². The zero-order valence-corrected chi connectivity index (χ0v) is 62.0. The molecule has 1 heterocycles. The maximum absolute atomic E-state index is 5.23. The van der Waals surface area contributed by atoms with Gasteiger partial charge in [-0.25, -0.2) is 0 Å². The van der Waals surface area contributed by atoms with Gasteiger partial charge in [-0.2, -0.15) is 0 Å². The predicted octanol–water partition coefficient (Wildman–Crippen LogP) is 29.1. The van der Waals surface area contributed by atoms with Crippen molar-refractivity contribution in [3.63, 3.8) is 0 Å². The first kappa shape index (κ1) is 72.4. The average molecular weight is 1340 g/mol. The Balaban J connectivity index is 1.02. The number of nitrogens with zero attached hydrogens (tertiary/aromatic N) is 2. The van der Waals surface area contributed by atoms with E-state index in [0.717, 1.165) is 11.0 Å². The van der Waals surface area contributed by atoms with Crippen LogP contribution in [0.2, 0.25) is 0 Å². The van der Waals surface area contributed by atoms with Crippen molar-refractivity contribution in [2.45, 2.75) is 321 Å². The van der Waals surface area contributed by atoms with Crippen LogP contribution in [0.5, 0.6) is 0 Å². The molecule has 7 aromatic carbocycles. The number of rotatable bonds is 48. The molecule has 2 aliphatic rings. The number of hydrogen-bond acceptors (Lipinski definition) is 2. The van der Waals surface area contributed by atoms with Crippen molar-refractivity contribution in [1.29, 1.82) is 0 Å². The number of fused-ring (bicyclic) bond motifs is 7. The summed E-state index contributed by atoms with van der Waals surface area (Å²) < 4.78 is 10.4.